The fourth-order valence-corrected chi connectivity index (χ4v) is 2.36. The number of aliphatic hydroxyl groups excluding tert-OH is 1. The van der Waals surface area contributed by atoms with Crippen LogP contribution in [-0.4, -0.2) is 38.8 Å². The number of aromatic nitrogens is 2. The van der Waals surface area contributed by atoms with E-state index in [1.807, 2.05) is 26.5 Å². The number of aliphatic hydroxyl groups is 1. The Balaban J connectivity index is 1.84. The third-order valence-corrected chi connectivity index (χ3v) is 3.62. The molecule has 1 aromatic heterocycles. The van der Waals surface area contributed by atoms with Crippen LogP contribution in [0.4, 0.5) is 0 Å². The molecule has 1 aromatic rings. The second-order valence-corrected chi connectivity index (χ2v) is 4.85. The van der Waals surface area contributed by atoms with Gasteiger partial charge in [-0.3, -0.25) is 4.90 Å². The van der Waals surface area contributed by atoms with Crippen molar-refractivity contribution in [2.75, 3.05) is 13.1 Å². The van der Waals surface area contributed by atoms with Gasteiger partial charge in [-0.2, -0.15) is 0 Å². The van der Waals surface area contributed by atoms with Gasteiger partial charge in [-0.15, -0.1) is 0 Å². The minimum atomic E-state index is -0.154. The molecule has 1 aliphatic rings. The van der Waals surface area contributed by atoms with Crippen molar-refractivity contribution in [1.29, 1.82) is 0 Å². The fraction of sp³-hybridized carbons (Fsp3) is 0.750. The van der Waals surface area contributed by atoms with E-state index in [2.05, 4.69) is 14.5 Å². The second-order valence-electron chi connectivity index (χ2n) is 4.85. The monoisotopic (exact) mass is 223 g/mol. The summed E-state index contributed by atoms with van der Waals surface area (Å²) in [4.78, 5) is 6.57. The Bertz CT molecular complexity index is 327. The Labute approximate surface area is 96.9 Å². The van der Waals surface area contributed by atoms with Crippen LogP contribution in [0, 0.1) is 5.92 Å². The van der Waals surface area contributed by atoms with Crippen LogP contribution in [0.25, 0.3) is 0 Å². The molecular weight excluding hydrogens is 202 g/mol. The molecule has 4 nitrogen and oxygen atoms in total. The molecule has 0 radical (unpaired) electrons. The summed E-state index contributed by atoms with van der Waals surface area (Å²) >= 11 is 0. The Kier molecular flexibility index (Phi) is 3.61. The number of nitrogens with zero attached hydrogens (tertiary/aromatic N) is 3. The van der Waals surface area contributed by atoms with Crippen molar-refractivity contribution < 1.29 is 5.11 Å². The minimum Gasteiger partial charge on any atom is -0.393 e. The standard InChI is InChI=1S/C12H21N3O/c1-10(16)11-3-5-15(6-4-11)8-12-7-13-9-14(12)2/h7,9-11,16H,3-6,8H2,1-2H3. The van der Waals surface area contributed by atoms with Crippen molar-refractivity contribution in [3.8, 4) is 0 Å². The fourth-order valence-electron chi connectivity index (χ4n) is 2.36. The molecule has 90 valence electrons. The minimum absolute atomic E-state index is 0.154. The smallest absolute Gasteiger partial charge is 0.0945 e. The summed E-state index contributed by atoms with van der Waals surface area (Å²) in [5.41, 5.74) is 1.26. The Hall–Kier alpha value is -0.870. The highest BCUT2D eigenvalue weighted by Crippen LogP contribution is 2.21. The Morgan fingerprint density at radius 3 is 2.69 bits per heavy atom. The lowest BCUT2D eigenvalue weighted by atomic mass is 9.92. The number of aryl methyl sites for hydroxylation is 1. The van der Waals surface area contributed by atoms with Gasteiger partial charge in [0, 0.05) is 19.8 Å². The van der Waals surface area contributed by atoms with E-state index in [-0.39, 0.29) is 6.10 Å². The van der Waals surface area contributed by atoms with E-state index in [1.54, 1.807) is 0 Å². The Morgan fingerprint density at radius 2 is 2.19 bits per heavy atom. The van der Waals surface area contributed by atoms with Gasteiger partial charge >= 0.3 is 0 Å². The third kappa shape index (κ3) is 2.62. The third-order valence-electron chi connectivity index (χ3n) is 3.62. The van der Waals surface area contributed by atoms with Crippen LogP contribution in [-0.2, 0) is 13.6 Å². The molecule has 1 unspecified atom stereocenters. The van der Waals surface area contributed by atoms with Crippen LogP contribution in [0.3, 0.4) is 0 Å². The van der Waals surface area contributed by atoms with Gasteiger partial charge in [-0.25, -0.2) is 4.98 Å². The quantitative estimate of drug-likeness (QED) is 0.831. The highest BCUT2D eigenvalue weighted by molar-refractivity contribution is 4.97. The van der Waals surface area contributed by atoms with Gasteiger partial charge in [0.05, 0.1) is 18.1 Å². The van der Waals surface area contributed by atoms with Gasteiger partial charge < -0.3 is 9.67 Å². The van der Waals surface area contributed by atoms with E-state index >= 15 is 0 Å². The summed E-state index contributed by atoms with van der Waals surface area (Å²) in [7, 11) is 2.03. The molecule has 0 amide bonds. The predicted molar refractivity (Wildman–Crippen MR) is 62.9 cm³/mol. The molecule has 0 aromatic carbocycles. The molecule has 2 heterocycles. The number of imidazole rings is 1. The highest BCUT2D eigenvalue weighted by atomic mass is 16.3. The Morgan fingerprint density at radius 1 is 1.50 bits per heavy atom. The number of hydrogen-bond donors (Lipinski definition) is 1. The SMILES string of the molecule is CC(O)C1CCN(Cc2cncn2C)CC1. The first-order valence-electron chi connectivity index (χ1n) is 6.02. The topological polar surface area (TPSA) is 41.3 Å². The molecule has 16 heavy (non-hydrogen) atoms. The number of hydrogen-bond acceptors (Lipinski definition) is 3. The van der Waals surface area contributed by atoms with Crippen LogP contribution < -0.4 is 0 Å². The summed E-state index contributed by atoms with van der Waals surface area (Å²) in [5.74, 6) is 0.489. The molecule has 4 heteroatoms. The normalized spacial score (nSPS) is 21.2. The van der Waals surface area contributed by atoms with E-state index in [9.17, 15) is 5.11 Å². The van der Waals surface area contributed by atoms with Crippen molar-refractivity contribution in [1.82, 2.24) is 14.5 Å². The van der Waals surface area contributed by atoms with Gasteiger partial charge in [0.25, 0.3) is 0 Å². The number of rotatable bonds is 3. The maximum atomic E-state index is 9.53. The molecule has 1 fully saturated rings. The van der Waals surface area contributed by atoms with Gasteiger partial charge in [0.2, 0.25) is 0 Å². The van der Waals surface area contributed by atoms with Crippen molar-refractivity contribution in [3.63, 3.8) is 0 Å². The first kappa shape index (κ1) is 11.6. The van der Waals surface area contributed by atoms with Crippen molar-refractivity contribution in [3.05, 3.63) is 18.2 Å². The largest absolute Gasteiger partial charge is 0.393 e. The lowest BCUT2D eigenvalue weighted by Crippen LogP contribution is -2.36. The summed E-state index contributed by atoms with van der Waals surface area (Å²) in [6.45, 7) is 5.05. The van der Waals surface area contributed by atoms with E-state index < -0.39 is 0 Å². The molecule has 1 aliphatic heterocycles. The average Bonchev–Trinajstić information content (AvgIpc) is 2.65. The molecule has 1 atom stereocenters. The maximum Gasteiger partial charge on any atom is 0.0945 e. The first-order valence-corrected chi connectivity index (χ1v) is 6.02. The van der Waals surface area contributed by atoms with Crippen molar-refractivity contribution >= 4 is 0 Å². The molecule has 0 saturated carbocycles. The number of piperidine rings is 1. The van der Waals surface area contributed by atoms with E-state index in [1.165, 1.54) is 5.69 Å². The number of likely N-dealkylation sites (tertiary alicyclic amines) is 1. The van der Waals surface area contributed by atoms with E-state index in [0.29, 0.717) is 5.92 Å². The van der Waals surface area contributed by atoms with Crippen LogP contribution in [0.2, 0.25) is 0 Å². The zero-order valence-corrected chi connectivity index (χ0v) is 10.1. The van der Waals surface area contributed by atoms with Crippen LogP contribution in [0.1, 0.15) is 25.5 Å². The first-order chi connectivity index (χ1) is 7.66. The summed E-state index contributed by atoms with van der Waals surface area (Å²) in [6.07, 6.45) is 5.84. The zero-order chi connectivity index (χ0) is 11.5. The lowest BCUT2D eigenvalue weighted by Gasteiger charge is -2.33. The summed E-state index contributed by atoms with van der Waals surface area (Å²) < 4.78 is 2.07. The van der Waals surface area contributed by atoms with Crippen LogP contribution >= 0.6 is 0 Å². The van der Waals surface area contributed by atoms with E-state index in [4.69, 9.17) is 0 Å². The molecular formula is C12H21N3O. The summed E-state index contributed by atoms with van der Waals surface area (Å²) in [5, 5.41) is 9.53. The molecule has 1 N–H and O–H groups in total. The van der Waals surface area contributed by atoms with Gasteiger partial charge in [-0.05, 0) is 38.8 Å². The van der Waals surface area contributed by atoms with E-state index in [0.717, 1.165) is 32.5 Å². The highest BCUT2D eigenvalue weighted by Gasteiger charge is 2.22. The maximum absolute atomic E-state index is 9.53. The van der Waals surface area contributed by atoms with Gasteiger partial charge in [0.1, 0.15) is 0 Å². The van der Waals surface area contributed by atoms with Crippen molar-refractivity contribution in [2.24, 2.45) is 13.0 Å². The molecule has 0 aliphatic carbocycles. The zero-order valence-electron chi connectivity index (χ0n) is 10.1. The van der Waals surface area contributed by atoms with Gasteiger partial charge in [0.15, 0.2) is 0 Å². The van der Waals surface area contributed by atoms with Gasteiger partial charge in [-0.1, -0.05) is 0 Å². The van der Waals surface area contributed by atoms with Crippen LogP contribution in [0.5, 0.6) is 0 Å². The second kappa shape index (κ2) is 4.97. The molecule has 2 rings (SSSR count). The van der Waals surface area contributed by atoms with Crippen molar-refractivity contribution in [2.45, 2.75) is 32.4 Å². The lowest BCUT2D eigenvalue weighted by molar-refractivity contribution is 0.0689. The molecule has 1 saturated heterocycles. The predicted octanol–water partition coefficient (Wildman–Crippen LogP) is 1.01. The van der Waals surface area contributed by atoms with Crippen LogP contribution in [0.15, 0.2) is 12.5 Å². The molecule has 0 bridgehead atoms. The summed E-state index contributed by atoms with van der Waals surface area (Å²) in [6, 6.07) is 0. The molecule has 0 spiro atoms. The average molecular weight is 223 g/mol.